The Morgan fingerprint density at radius 3 is 1.42 bits per heavy atom. The molecule has 0 unspecified atom stereocenters. The van der Waals surface area contributed by atoms with Crippen LogP contribution >= 0.6 is 22.7 Å². The molecule has 316 valence electrons. The van der Waals surface area contributed by atoms with Crippen LogP contribution in [-0.2, 0) is 18.9 Å². The molecule has 6 heterocycles. The van der Waals surface area contributed by atoms with Crippen molar-refractivity contribution >= 4 is 67.2 Å². The smallest absolute Gasteiger partial charge is 0.338 e. The number of nitrogens with zero attached hydrogens (tertiary/aromatic N) is 4. The first-order valence-electron chi connectivity index (χ1n) is 19.4. The molecule has 0 amide bonds. The summed E-state index contributed by atoms with van der Waals surface area (Å²) in [6, 6.07) is 17.5. The Labute approximate surface area is 349 Å². The number of nitrogen functional groups attached to an aromatic ring is 2. The highest BCUT2D eigenvalue weighted by molar-refractivity contribution is 7.16. The zero-order chi connectivity index (χ0) is 42.8. The molecule has 20 heteroatoms. The standard InChI is InChI=1S/2C20H22N4O5S/c2*1-3-12(29-18(26)11-7-5-4-6-8-11)13-9-10(2)17(28-13)24-15-14(30-20(24)27)16(25)23-19(21)22-15/h2*4-8,10,12-13,17H,3,9H2,1-2H3,(H3,21,22,23,25)/t10-,12+,13+,17+;10-,12+,13+,17-/m11/s1. The molecule has 2 fully saturated rings. The fourth-order valence-electron chi connectivity index (χ4n) is 7.56. The number of thiazole rings is 2. The Bertz CT molecular complexity index is 2560. The van der Waals surface area contributed by atoms with Crippen LogP contribution in [0.4, 0.5) is 11.9 Å². The molecule has 18 nitrogen and oxygen atoms in total. The number of nitrogens with two attached hydrogens (primary N) is 2. The van der Waals surface area contributed by atoms with E-state index >= 15 is 0 Å². The second-order valence-electron chi connectivity index (χ2n) is 14.7. The molecule has 60 heavy (non-hydrogen) atoms. The van der Waals surface area contributed by atoms with E-state index in [2.05, 4.69) is 19.9 Å². The van der Waals surface area contributed by atoms with Crippen molar-refractivity contribution in [2.45, 2.75) is 90.2 Å². The summed E-state index contributed by atoms with van der Waals surface area (Å²) in [5.74, 6) is -1.08. The Morgan fingerprint density at radius 1 is 0.700 bits per heavy atom. The summed E-state index contributed by atoms with van der Waals surface area (Å²) >= 11 is 1.61. The molecule has 2 saturated heterocycles. The summed E-state index contributed by atoms with van der Waals surface area (Å²) in [6.45, 7) is 7.72. The van der Waals surface area contributed by atoms with Crippen LogP contribution in [0, 0.1) is 11.8 Å². The number of carbonyl (C=O) groups excluding carboxylic acids is 2. The van der Waals surface area contributed by atoms with Gasteiger partial charge >= 0.3 is 21.7 Å². The van der Waals surface area contributed by atoms with E-state index in [0.717, 1.165) is 22.7 Å². The van der Waals surface area contributed by atoms with Gasteiger partial charge in [-0.05, 0) is 49.9 Å². The highest BCUT2D eigenvalue weighted by atomic mass is 32.1. The minimum absolute atomic E-state index is 0.0581. The number of fused-ring (bicyclic) bond motifs is 2. The van der Waals surface area contributed by atoms with Crippen molar-refractivity contribution in [2.24, 2.45) is 11.8 Å². The molecule has 6 aromatic rings. The van der Waals surface area contributed by atoms with Gasteiger partial charge in [-0.15, -0.1) is 0 Å². The molecule has 2 aliphatic rings. The lowest BCUT2D eigenvalue weighted by Gasteiger charge is -2.23. The predicted octanol–water partition coefficient (Wildman–Crippen LogP) is 4.58. The summed E-state index contributed by atoms with van der Waals surface area (Å²) < 4.78 is 26.9. The number of benzene rings is 2. The highest BCUT2D eigenvalue weighted by Gasteiger charge is 2.42. The van der Waals surface area contributed by atoms with Crippen LogP contribution < -0.4 is 32.3 Å². The number of carbonyl (C=O) groups is 2. The second kappa shape index (κ2) is 17.7. The predicted molar refractivity (Wildman–Crippen MR) is 225 cm³/mol. The molecule has 8 rings (SSSR count). The Hall–Kier alpha value is -5.96. The van der Waals surface area contributed by atoms with Gasteiger partial charge in [0.15, 0.2) is 11.3 Å². The van der Waals surface area contributed by atoms with Crippen molar-refractivity contribution in [2.75, 3.05) is 11.5 Å². The van der Waals surface area contributed by atoms with E-state index in [1.54, 1.807) is 48.5 Å². The summed E-state index contributed by atoms with van der Waals surface area (Å²) in [5, 5.41) is 0. The maximum atomic E-state index is 12.6. The van der Waals surface area contributed by atoms with Gasteiger partial charge in [-0.3, -0.25) is 38.3 Å². The topological polar surface area (TPSA) is 259 Å². The van der Waals surface area contributed by atoms with Crippen molar-refractivity contribution in [3.63, 3.8) is 0 Å². The number of aromatic nitrogens is 6. The van der Waals surface area contributed by atoms with E-state index in [1.165, 1.54) is 9.13 Å². The van der Waals surface area contributed by atoms with E-state index in [-0.39, 0.29) is 66.4 Å². The molecule has 6 N–H and O–H groups in total. The van der Waals surface area contributed by atoms with E-state index < -0.39 is 47.7 Å². The Balaban J connectivity index is 0.000000181. The summed E-state index contributed by atoms with van der Waals surface area (Å²) in [5.41, 5.74) is 11.8. The van der Waals surface area contributed by atoms with Crippen molar-refractivity contribution < 1.29 is 28.5 Å². The average molecular weight is 861 g/mol. The number of esters is 2. The largest absolute Gasteiger partial charge is 0.456 e. The van der Waals surface area contributed by atoms with E-state index in [9.17, 15) is 28.8 Å². The van der Waals surface area contributed by atoms with Gasteiger partial charge in [0.1, 0.15) is 34.1 Å². The number of H-pyrrole nitrogens is 2. The lowest BCUT2D eigenvalue weighted by Crippen LogP contribution is -2.31. The lowest BCUT2D eigenvalue weighted by atomic mass is 10.0. The van der Waals surface area contributed by atoms with Gasteiger partial charge < -0.3 is 30.4 Å². The van der Waals surface area contributed by atoms with Crippen LogP contribution in [0.5, 0.6) is 0 Å². The zero-order valence-electron chi connectivity index (χ0n) is 33.1. The maximum Gasteiger partial charge on any atom is 0.338 e. The van der Waals surface area contributed by atoms with Crippen LogP contribution in [0.2, 0.25) is 0 Å². The first kappa shape index (κ1) is 42.2. The van der Waals surface area contributed by atoms with E-state index in [1.807, 2.05) is 39.8 Å². The first-order valence-corrected chi connectivity index (χ1v) is 21.1. The number of hydrogen-bond acceptors (Lipinski definition) is 16. The molecule has 2 aromatic carbocycles. The van der Waals surface area contributed by atoms with Crippen molar-refractivity contribution in [1.29, 1.82) is 0 Å². The third-order valence-corrected chi connectivity index (χ3v) is 12.4. The monoisotopic (exact) mass is 860 g/mol. The summed E-state index contributed by atoms with van der Waals surface area (Å²) in [7, 11) is 0. The quantitative estimate of drug-likeness (QED) is 0.138. The normalized spacial score (nSPS) is 22.3. The van der Waals surface area contributed by atoms with E-state index in [0.29, 0.717) is 36.8 Å². The molecular weight excluding hydrogens is 817 g/mol. The third-order valence-electron chi connectivity index (χ3n) is 10.5. The number of aromatic amines is 2. The molecule has 0 aliphatic carbocycles. The first-order chi connectivity index (χ1) is 28.8. The van der Waals surface area contributed by atoms with Gasteiger partial charge in [0.2, 0.25) is 11.9 Å². The van der Waals surface area contributed by atoms with E-state index in [4.69, 9.17) is 30.4 Å². The van der Waals surface area contributed by atoms with Gasteiger partial charge in [0.05, 0.1) is 23.3 Å². The fourth-order valence-corrected chi connectivity index (χ4v) is 9.24. The SMILES string of the molecule is CC[C@H](OC(=O)c1ccccc1)[C@@H]1C[C@@H](C)[C@@H](n2c(=O)sc3c(=O)[nH]c(N)nc32)O1.CC[C@H](OC(=O)c1ccccc1)[C@@H]1C[C@@H](C)[C@H](n2c(=O)sc3c(=O)[nH]c(N)nc32)O1. The molecule has 0 spiro atoms. The van der Waals surface area contributed by atoms with Crippen LogP contribution in [0.25, 0.3) is 20.7 Å². The van der Waals surface area contributed by atoms with Gasteiger partial charge in [0, 0.05) is 11.8 Å². The minimum Gasteiger partial charge on any atom is -0.456 e. The van der Waals surface area contributed by atoms with Gasteiger partial charge in [0.25, 0.3) is 11.1 Å². The van der Waals surface area contributed by atoms with Crippen molar-refractivity contribution in [3.8, 4) is 0 Å². The summed E-state index contributed by atoms with van der Waals surface area (Å²) in [6.07, 6.45) is -0.655. The average Bonchev–Trinajstić information content (AvgIpc) is 3.98. The van der Waals surface area contributed by atoms with Crippen molar-refractivity contribution in [1.82, 2.24) is 29.1 Å². The Kier molecular flexibility index (Phi) is 12.5. The lowest BCUT2D eigenvalue weighted by molar-refractivity contribution is -0.0731. The minimum atomic E-state index is -0.630. The van der Waals surface area contributed by atoms with Crippen LogP contribution in [-0.4, -0.2) is 65.4 Å². The molecular formula is C40H44N8O10S2. The number of hydrogen-bond donors (Lipinski definition) is 4. The fraction of sp³-hybridized carbons (Fsp3) is 0.400. The molecule has 4 aromatic heterocycles. The zero-order valence-corrected chi connectivity index (χ0v) is 34.7. The van der Waals surface area contributed by atoms with Gasteiger partial charge in [-0.1, -0.05) is 86.8 Å². The molecule has 2 aliphatic heterocycles. The van der Waals surface area contributed by atoms with Gasteiger partial charge in [-0.25, -0.2) is 9.59 Å². The van der Waals surface area contributed by atoms with Crippen LogP contribution in [0.3, 0.4) is 0 Å². The molecule has 8 atom stereocenters. The van der Waals surface area contributed by atoms with Gasteiger partial charge in [-0.2, -0.15) is 9.97 Å². The highest BCUT2D eigenvalue weighted by Crippen LogP contribution is 2.39. The number of anilines is 2. The maximum absolute atomic E-state index is 12.6. The second-order valence-corrected chi connectivity index (χ2v) is 16.6. The molecule has 0 bridgehead atoms. The summed E-state index contributed by atoms with van der Waals surface area (Å²) in [4.78, 5) is 86.8. The molecule has 0 radical (unpaired) electrons. The number of nitrogens with one attached hydrogen (secondary N) is 2. The van der Waals surface area contributed by atoms with Crippen LogP contribution in [0.1, 0.15) is 86.6 Å². The third kappa shape index (κ3) is 8.53. The Morgan fingerprint density at radius 2 is 1.07 bits per heavy atom. The number of ether oxygens (including phenoxy) is 4. The van der Waals surface area contributed by atoms with Crippen molar-refractivity contribution in [3.05, 3.63) is 112 Å². The number of rotatable bonds is 10. The van der Waals surface area contributed by atoms with Crippen LogP contribution in [0.15, 0.2) is 79.8 Å². The molecule has 0 saturated carbocycles.